The Bertz CT molecular complexity index is 453. The summed E-state index contributed by atoms with van der Waals surface area (Å²) in [4.78, 5) is 24.2. The SMILES string of the molecule is CCCCC(CC)CC1(OC(=O)C2CCCC(C(=O)O)C2)CCCCC1. The molecule has 2 saturated carbocycles. The molecule has 0 heterocycles. The van der Waals surface area contributed by atoms with E-state index < -0.39 is 5.97 Å². The topological polar surface area (TPSA) is 63.6 Å². The molecule has 4 heteroatoms. The van der Waals surface area contributed by atoms with Crippen molar-refractivity contribution in [3.63, 3.8) is 0 Å². The van der Waals surface area contributed by atoms with Gasteiger partial charge in [-0.3, -0.25) is 9.59 Å². The molecule has 2 fully saturated rings. The summed E-state index contributed by atoms with van der Waals surface area (Å²) in [6.45, 7) is 4.47. The molecule has 2 aliphatic carbocycles. The molecule has 3 unspecified atom stereocenters. The molecule has 0 aromatic rings. The summed E-state index contributed by atoms with van der Waals surface area (Å²) < 4.78 is 6.23. The molecule has 0 aromatic heterocycles. The lowest BCUT2D eigenvalue weighted by Gasteiger charge is -2.40. The molecular formula is C22H38O4. The van der Waals surface area contributed by atoms with Crippen LogP contribution in [0.2, 0.25) is 0 Å². The lowest BCUT2D eigenvalue weighted by atomic mass is 9.76. The van der Waals surface area contributed by atoms with Crippen molar-refractivity contribution in [2.75, 3.05) is 0 Å². The maximum Gasteiger partial charge on any atom is 0.309 e. The fourth-order valence-electron chi connectivity index (χ4n) is 4.94. The van der Waals surface area contributed by atoms with Crippen LogP contribution in [0, 0.1) is 17.8 Å². The molecule has 1 N–H and O–H groups in total. The van der Waals surface area contributed by atoms with Gasteiger partial charge < -0.3 is 9.84 Å². The molecule has 0 radical (unpaired) electrons. The lowest BCUT2D eigenvalue weighted by molar-refractivity contribution is -0.173. The quantitative estimate of drug-likeness (QED) is 0.529. The van der Waals surface area contributed by atoms with Gasteiger partial charge in [-0.25, -0.2) is 0 Å². The predicted molar refractivity (Wildman–Crippen MR) is 103 cm³/mol. The van der Waals surface area contributed by atoms with Crippen LogP contribution in [0.3, 0.4) is 0 Å². The molecule has 0 saturated heterocycles. The summed E-state index contributed by atoms with van der Waals surface area (Å²) >= 11 is 0. The summed E-state index contributed by atoms with van der Waals surface area (Å²) in [6.07, 6.45) is 14.0. The second kappa shape index (κ2) is 10.3. The average Bonchev–Trinajstić information content (AvgIpc) is 2.66. The van der Waals surface area contributed by atoms with Gasteiger partial charge >= 0.3 is 11.9 Å². The van der Waals surface area contributed by atoms with Gasteiger partial charge in [0, 0.05) is 0 Å². The number of carbonyl (C=O) groups excluding carboxylic acids is 1. The van der Waals surface area contributed by atoms with E-state index in [0.717, 1.165) is 51.4 Å². The van der Waals surface area contributed by atoms with Gasteiger partial charge in [0.25, 0.3) is 0 Å². The Labute approximate surface area is 159 Å². The third-order valence-electron chi connectivity index (χ3n) is 6.64. The van der Waals surface area contributed by atoms with E-state index >= 15 is 0 Å². The van der Waals surface area contributed by atoms with Gasteiger partial charge in [0.05, 0.1) is 11.8 Å². The van der Waals surface area contributed by atoms with Gasteiger partial charge in [-0.15, -0.1) is 0 Å². The molecule has 150 valence electrons. The second-order valence-corrected chi connectivity index (χ2v) is 8.68. The Morgan fingerprint density at radius 1 is 1.08 bits per heavy atom. The van der Waals surface area contributed by atoms with Gasteiger partial charge in [-0.1, -0.05) is 52.4 Å². The van der Waals surface area contributed by atoms with E-state index in [0.29, 0.717) is 18.8 Å². The molecular weight excluding hydrogens is 328 g/mol. The number of carbonyl (C=O) groups is 2. The maximum atomic E-state index is 12.9. The standard InChI is InChI=1S/C22H38O4/c1-3-5-10-17(4-2)16-22(13-7-6-8-14-22)26-21(25)19-12-9-11-18(15-19)20(23)24/h17-19H,3-16H2,1-2H3,(H,23,24). The van der Waals surface area contributed by atoms with E-state index in [4.69, 9.17) is 4.74 Å². The maximum absolute atomic E-state index is 12.9. The van der Waals surface area contributed by atoms with Gasteiger partial charge in [-0.05, 0) is 57.3 Å². The third kappa shape index (κ3) is 5.99. The summed E-state index contributed by atoms with van der Waals surface area (Å²) in [6, 6.07) is 0. The summed E-state index contributed by atoms with van der Waals surface area (Å²) in [7, 11) is 0. The van der Waals surface area contributed by atoms with E-state index in [2.05, 4.69) is 13.8 Å². The predicted octanol–water partition coefficient (Wildman–Crippen LogP) is 5.73. The lowest BCUT2D eigenvalue weighted by Crippen LogP contribution is -2.42. The zero-order valence-corrected chi connectivity index (χ0v) is 16.8. The number of hydrogen-bond donors (Lipinski definition) is 1. The number of esters is 1. The average molecular weight is 367 g/mol. The molecule has 3 atom stereocenters. The first kappa shape index (κ1) is 21.2. The van der Waals surface area contributed by atoms with Crippen LogP contribution >= 0.6 is 0 Å². The smallest absolute Gasteiger partial charge is 0.309 e. The number of unbranched alkanes of at least 4 members (excludes halogenated alkanes) is 1. The van der Waals surface area contributed by atoms with Gasteiger partial charge in [0.1, 0.15) is 5.60 Å². The van der Waals surface area contributed by atoms with Crippen LogP contribution < -0.4 is 0 Å². The first-order valence-electron chi connectivity index (χ1n) is 11.0. The fourth-order valence-corrected chi connectivity index (χ4v) is 4.94. The third-order valence-corrected chi connectivity index (χ3v) is 6.64. The van der Waals surface area contributed by atoms with Crippen LogP contribution in [0.25, 0.3) is 0 Å². The van der Waals surface area contributed by atoms with Crippen molar-refractivity contribution in [1.29, 1.82) is 0 Å². The highest BCUT2D eigenvalue weighted by Gasteiger charge is 2.40. The van der Waals surface area contributed by atoms with Crippen LogP contribution in [0.1, 0.15) is 104 Å². The van der Waals surface area contributed by atoms with Crippen LogP contribution in [0.5, 0.6) is 0 Å². The van der Waals surface area contributed by atoms with Crippen LogP contribution in [-0.2, 0) is 14.3 Å². The monoisotopic (exact) mass is 366 g/mol. The Morgan fingerprint density at radius 3 is 2.38 bits per heavy atom. The van der Waals surface area contributed by atoms with E-state index in [1.54, 1.807) is 0 Å². The molecule has 0 aliphatic heterocycles. The molecule has 0 aromatic carbocycles. The summed E-state index contributed by atoms with van der Waals surface area (Å²) in [5, 5.41) is 9.29. The number of aliphatic carboxylic acids is 1. The van der Waals surface area contributed by atoms with Crippen molar-refractivity contribution < 1.29 is 19.4 Å². The van der Waals surface area contributed by atoms with Crippen LogP contribution in [-0.4, -0.2) is 22.6 Å². The minimum atomic E-state index is -0.763. The molecule has 2 aliphatic rings. The number of rotatable bonds is 9. The van der Waals surface area contributed by atoms with E-state index in [1.165, 1.54) is 25.7 Å². The Balaban J connectivity index is 2.01. The Morgan fingerprint density at radius 2 is 1.77 bits per heavy atom. The number of carboxylic acid groups (broad SMARTS) is 1. The van der Waals surface area contributed by atoms with Crippen LogP contribution in [0.4, 0.5) is 0 Å². The molecule has 4 nitrogen and oxygen atoms in total. The minimum Gasteiger partial charge on any atom is -0.481 e. The summed E-state index contributed by atoms with van der Waals surface area (Å²) in [5.74, 6) is -0.862. The van der Waals surface area contributed by atoms with E-state index in [9.17, 15) is 14.7 Å². The number of carboxylic acids is 1. The highest BCUT2D eigenvalue weighted by Crippen LogP contribution is 2.40. The number of hydrogen-bond acceptors (Lipinski definition) is 3. The van der Waals surface area contributed by atoms with Crippen molar-refractivity contribution in [3.8, 4) is 0 Å². The van der Waals surface area contributed by atoms with Crippen molar-refractivity contribution in [2.24, 2.45) is 17.8 Å². The van der Waals surface area contributed by atoms with E-state index in [1.807, 2.05) is 0 Å². The number of ether oxygens (including phenoxy) is 1. The molecule has 26 heavy (non-hydrogen) atoms. The zero-order chi connectivity index (χ0) is 19.0. The van der Waals surface area contributed by atoms with Crippen molar-refractivity contribution >= 4 is 11.9 Å². The van der Waals surface area contributed by atoms with Crippen molar-refractivity contribution in [3.05, 3.63) is 0 Å². The van der Waals surface area contributed by atoms with Gasteiger partial charge in [-0.2, -0.15) is 0 Å². The molecule has 2 rings (SSSR count). The van der Waals surface area contributed by atoms with Crippen molar-refractivity contribution in [2.45, 2.75) is 109 Å². The zero-order valence-electron chi connectivity index (χ0n) is 16.8. The van der Waals surface area contributed by atoms with Crippen molar-refractivity contribution in [1.82, 2.24) is 0 Å². The Kier molecular flexibility index (Phi) is 8.43. The summed E-state index contributed by atoms with van der Waals surface area (Å²) in [5.41, 5.74) is -0.292. The molecule has 0 spiro atoms. The van der Waals surface area contributed by atoms with E-state index in [-0.39, 0.29) is 23.4 Å². The highest BCUT2D eigenvalue weighted by molar-refractivity contribution is 5.76. The second-order valence-electron chi connectivity index (χ2n) is 8.68. The van der Waals surface area contributed by atoms with Gasteiger partial charge in [0.2, 0.25) is 0 Å². The normalized spacial score (nSPS) is 26.8. The first-order valence-corrected chi connectivity index (χ1v) is 11.0. The molecule has 0 amide bonds. The molecule has 0 bridgehead atoms. The largest absolute Gasteiger partial charge is 0.481 e. The Hall–Kier alpha value is -1.06. The van der Waals surface area contributed by atoms with Gasteiger partial charge in [0.15, 0.2) is 0 Å². The highest BCUT2D eigenvalue weighted by atomic mass is 16.6. The first-order chi connectivity index (χ1) is 12.5. The van der Waals surface area contributed by atoms with Crippen LogP contribution in [0.15, 0.2) is 0 Å². The minimum absolute atomic E-state index is 0.122. The fraction of sp³-hybridized carbons (Fsp3) is 0.909.